The predicted octanol–water partition coefficient (Wildman–Crippen LogP) is -0.187. The normalized spacial score (nSPS) is 16.9. The fourth-order valence-corrected chi connectivity index (χ4v) is 5.82. The zero-order valence-electron chi connectivity index (χ0n) is 27.6. The van der Waals surface area contributed by atoms with Crippen molar-refractivity contribution in [2.75, 3.05) is 11.9 Å². The summed E-state index contributed by atoms with van der Waals surface area (Å²) in [4.78, 5) is 83.7. The number of amides is 5. The summed E-state index contributed by atoms with van der Waals surface area (Å²) in [7, 11) is -5.20. The third kappa shape index (κ3) is 11.0. The van der Waals surface area contributed by atoms with Gasteiger partial charge >= 0.3 is 28.4 Å². The number of nitrogens with one attached hydrogen (secondary N) is 4. The molecule has 280 valence electrons. The second kappa shape index (κ2) is 16.0. The summed E-state index contributed by atoms with van der Waals surface area (Å²) in [5.74, 6) is -4.90. The zero-order chi connectivity index (χ0) is 38.4. The molecule has 0 aliphatic carbocycles. The Balaban J connectivity index is 1.83. The molecule has 3 rings (SSSR count). The van der Waals surface area contributed by atoms with Crippen LogP contribution in [0.5, 0.6) is 5.75 Å². The van der Waals surface area contributed by atoms with Gasteiger partial charge < -0.3 is 40.9 Å². The number of β-lactam (4-membered cyclic amide) rings is 1. The van der Waals surface area contributed by atoms with Crippen LogP contribution in [0, 0.1) is 5.92 Å². The maximum absolute atomic E-state index is 13.5. The lowest BCUT2D eigenvalue weighted by molar-refractivity contribution is -0.151. The molecule has 2 aromatic heterocycles. The number of carbonyl (C=O) groups excluding carboxylic acids is 4. The Morgan fingerprint density at radius 1 is 1.16 bits per heavy atom. The van der Waals surface area contributed by atoms with Gasteiger partial charge in [0.1, 0.15) is 17.3 Å². The smallest absolute Gasteiger partial charge is 0.413 e. The number of thiazole rings is 1. The second-order valence-electron chi connectivity index (χ2n) is 12.2. The number of aromatic nitrogens is 2. The molecule has 3 atom stereocenters. The Morgan fingerprint density at radius 2 is 1.82 bits per heavy atom. The molecule has 22 nitrogen and oxygen atoms in total. The quantitative estimate of drug-likeness (QED) is 0.0407. The van der Waals surface area contributed by atoms with Crippen molar-refractivity contribution in [2.24, 2.45) is 11.1 Å². The summed E-state index contributed by atoms with van der Waals surface area (Å²) in [5.41, 5.74) is -2.82. The van der Waals surface area contributed by atoms with Gasteiger partial charge in [-0.3, -0.25) is 24.3 Å². The van der Waals surface area contributed by atoms with Crippen LogP contribution in [0.3, 0.4) is 0 Å². The summed E-state index contributed by atoms with van der Waals surface area (Å²) in [6, 6.07) is -3.51. The van der Waals surface area contributed by atoms with Gasteiger partial charge in [0.15, 0.2) is 16.6 Å². The maximum Gasteiger partial charge on any atom is 0.413 e. The summed E-state index contributed by atoms with van der Waals surface area (Å²) < 4.78 is 39.1. The first-order chi connectivity index (χ1) is 23.6. The van der Waals surface area contributed by atoms with E-state index in [9.17, 15) is 57.2 Å². The lowest BCUT2D eigenvalue weighted by atomic mass is 9.98. The molecule has 1 aliphatic rings. The number of ether oxygens (including phenoxy) is 1. The molecule has 0 aromatic carbocycles. The van der Waals surface area contributed by atoms with Gasteiger partial charge in [-0.2, -0.15) is 13.1 Å². The topological polar surface area (TPSA) is 317 Å². The molecule has 3 heterocycles. The average molecular weight is 761 g/mol. The number of pyridine rings is 1. The Labute approximate surface area is 293 Å². The summed E-state index contributed by atoms with van der Waals surface area (Å²) >= 11 is 0.816. The van der Waals surface area contributed by atoms with E-state index in [1.54, 1.807) is 34.6 Å². The highest BCUT2D eigenvalue weighted by atomic mass is 32.2. The van der Waals surface area contributed by atoms with Crippen molar-refractivity contribution in [3.63, 3.8) is 0 Å². The van der Waals surface area contributed by atoms with Crippen molar-refractivity contribution in [1.29, 1.82) is 0 Å². The van der Waals surface area contributed by atoms with E-state index in [4.69, 9.17) is 9.57 Å². The molecule has 24 heteroatoms. The molecule has 0 radical (unpaired) electrons. The molecule has 0 spiro atoms. The lowest BCUT2D eigenvalue weighted by Crippen LogP contribution is -2.74. The predicted molar refractivity (Wildman–Crippen MR) is 174 cm³/mol. The van der Waals surface area contributed by atoms with Crippen LogP contribution < -0.4 is 26.7 Å². The number of hydrogen-bond donors (Lipinski definition) is 8. The van der Waals surface area contributed by atoms with Gasteiger partial charge in [0.2, 0.25) is 11.5 Å². The maximum atomic E-state index is 13.5. The first-order valence-electron chi connectivity index (χ1n) is 14.8. The van der Waals surface area contributed by atoms with Crippen LogP contribution in [-0.4, -0.2) is 108 Å². The lowest BCUT2D eigenvalue weighted by Gasteiger charge is -2.44. The van der Waals surface area contributed by atoms with E-state index in [-0.39, 0.29) is 33.2 Å². The molecular formula is C27H36N8O14S2. The number of carbonyl (C=O) groups is 5. The minimum Gasteiger partial charge on any atom is -0.503 e. The van der Waals surface area contributed by atoms with Crippen LogP contribution in [-0.2, 0) is 40.8 Å². The standard InChI is InChI=1S/C27H36N8O14S2/c1-12(2)6-18(23(40)41)49-33-19(14-11-50-25(30-14)32-26(43)48-27(3,4)5)21(38)31-20-15(35(22(20)39)51(45,46)47)9-29-24(42)28-8-13-7-16(36)17(37)10-34(13)44/h7,10-12,15,18,20,37,44H,6,8-9H2,1-5H3,(H,31,38)(H,40,41)(H2,28,29,42)(H,30,32,43)(H,45,46,47)/b33-19-/t15-,18+,20+/m1/s1. The van der Waals surface area contributed by atoms with Crippen molar-refractivity contribution in [3.8, 4) is 5.75 Å². The largest absolute Gasteiger partial charge is 0.503 e. The van der Waals surface area contributed by atoms with Crippen molar-refractivity contribution >= 4 is 62.4 Å². The zero-order valence-corrected chi connectivity index (χ0v) is 29.3. The molecule has 0 saturated carbocycles. The van der Waals surface area contributed by atoms with E-state index in [0.717, 1.165) is 17.4 Å². The van der Waals surface area contributed by atoms with Gasteiger partial charge in [-0.15, -0.1) is 11.3 Å². The van der Waals surface area contributed by atoms with Crippen LogP contribution in [0.15, 0.2) is 27.6 Å². The van der Waals surface area contributed by atoms with E-state index in [2.05, 4.69) is 31.4 Å². The van der Waals surface area contributed by atoms with Crippen molar-refractivity contribution in [3.05, 3.63) is 39.3 Å². The summed E-state index contributed by atoms with van der Waals surface area (Å²) in [5, 5.41) is 42.6. The van der Waals surface area contributed by atoms with Crippen LogP contribution in [0.2, 0.25) is 0 Å². The first kappa shape index (κ1) is 39.9. The van der Waals surface area contributed by atoms with Gasteiger partial charge in [0, 0.05) is 24.4 Å². The summed E-state index contributed by atoms with van der Waals surface area (Å²) in [6.07, 6.45) is -1.75. The molecule has 1 fully saturated rings. The highest BCUT2D eigenvalue weighted by Crippen LogP contribution is 2.24. The number of rotatable bonds is 14. The van der Waals surface area contributed by atoms with Crippen LogP contribution in [0.25, 0.3) is 0 Å². The average Bonchev–Trinajstić information content (AvgIpc) is 3.44. The second-order valence-corrected chi connectivity index (χ2v) is 14.4. The number of aromatic hydroxyl groups is 1. The van der Waals surface area contributed by atoms with Gasteiger partial charge in [0.05, 0.1) is 24.5 Å². The molecule has 1 saturated heterocycles. The third-order valence-electron chi connectivity index (χ3n) is 6.50. The van der Waals surface area contributed by atoms with Crippen LogP contribution in [0.1, 0.15) is 52.4 Å². The monoisotopic (exact) mass is 760 g/mol. The molecule has 51 heavy (non-hydrogen) atoms. The van der Waals surface area contributed by atoms with Gasteiger partial charge in [0.25, 0.3) is 11.8 Å². The van der Waals surface area contributed by atoms with Crippen molar-refractivity contribution in [1.82, 2.24) is 30.0 Å². The van der Waals surface area contributed by atoms with E-state index in [1.807, 2.05) is 0 Å². The number of urea groups is 1. The van der Waals surface area contributed by atoms with Crippen molar-refractivity contribution in [2.45, 2.75) is 71.4 Å². The van der Waals surface area contributed by atoms with E-state index in [0.29, 0.717) is 10.9 Å². The van der Waals surface area contributed by atoms with Crippen LogP contribution in [0.4, 0.5) is 14.7 Å². The molecule has 0 bridgehead atoms. The summed E-state index contributed by atoms with van der Waals surface area (Å²) in [6.45, 7) is 7.13. The molecule has 2 aromatic rings. The Morgan fingerprint density at radius 3 is 2.41 bits per heavy atom. The van der Waals surface area contributed by atoms with Crippen LogP contribution >= 0.6 is 11.3 Å². The number of oxime groups is 1. The molecule has 8 N–H and O–H groups in total. The van der Waals surface area contributed by atoms with Gasteiger partial charge in [-0.1, -0.05) is 19.0 Å². The molecular weight excluding hydrogens is 724 g/mol. The number of carboxylic acid groups (broad SMARTS) is 1. The SMILES string of the molecule is CC(C)C[C@H](O/N=C(\C(=O)N[C@@H]1C(=O)N(S(=O)(=O)O)[C@@H]1CNC(=O)NCc1cc(=O)c(O)cn1O)c1csc(NC(=O)OC(C)(C)C)n1)C(=O)O. The Hall–Kier alpha value is -5.49. The fourth-order valence-electron chi connectivity index (χ4n) is 4.26. The van der Waals surface area contributed by atoms with E-state index >= 15 is 0 Å². The number of hydrogen-bond acceptors (Lipinski definition) is 15. The molecule has 1 aliphatic heterocycles. The minimum atomic E-state index is -5.20. The highest BCUT2D eigenvalue weighted by molar-refractivity contribution is 7.84. The van der Waals surface area contributed by atoms with E-state index in [1.165, 1.54) is 5.38 Å². The number of anilines is 1. The van der Waals surface area contributed by atoms with E-state index < -0.39 is 94.0 Å². The van der Waals surface area contributed by atoms with Crippen molar-refractivity contribution < 1.29 is 61.9 Å². The molecule has 0 unspecified atom stereocenters. The minimum absolute atomic E-state index is 0.00824. The number of aliphatic carboxylic acids is 1. The highest BCUT2D eigenvalue weighted by Gasteiger charge is 2.54. The van der Waals surface area contributed by atoms with Gasteiger partial charge in [-0.25, -0.2) is 23.7 Å². The Bertz CT molecular complexity index is 1870. The number of nitrogens with zero attached hydrogens (tertiary/aromatic N) is 4. The first-order valence-corrected chi connectivity index (χ1v) is 17.0. The third-order valence-corrected chi connectivity index (χ3v) is 8.20. The molecule has 5 amide bonds. The fraction of sp³-hybridized carbons (Fsp3) is 0.481. The number of carboxylic acids is 1. The van der Waals surface area contributed by atoms with Gasteiger partial charge in [-0.05, 0) is 26.7 Å². The Kier molecular flexibility index (Phi) is 12.6.